The van der Waals surface area contributed by atoms with Crippen LogP contribution in [0.1, 0.15) is 24.5 Å². The van der Waals surface area contributed by atoms with Crippen molar-refractivity contribution in [1.29, 1.82) is 0 Å². The van der Waals surface area contributed by atoms with Crippen molar-refractivity contribution in [3.8, 4) is 0 Å². The summed E-state index contributed by atoms with van der Waals surface area (Å²) >= 11 is 4.96. The van der Waals surface area contributed by atoms with E-state index in [1.807, 2.05) is 0 Å². The van der Waals surface area contributed by atoms with Crippen LogP contribution in [0.3, 0.4) is 0 Å². The maximum atomic E-state index is 12.5. The Morgan fingerprint density at radius 1 is 1.52 bits per heavy atom. The summed E-state index contributed by atoms with van der Waals surface area (Å²) in [4.78, 5) is 0.198. The van der Waals surface area contributed by atoms with E-state index < -0.39 is 16.1 Å². The van der Waals surface area contributed by atoms with Crippen LogP contribution in [0.2, 0.25) is 0 Å². The Hall–Kier alpha value is -1.02. The number of aliphatic hydroxyl groups excluding tert-OH is 1. The van der Waals surface area contributed by atoms with Crippen LogP contribution < -0.4 is 5.73 Å². The molecule has 0 aliphatic carbocycles. The number of hydrogen-bond acceptors (Lipinski definition) is 4. The molecular weight excluding hydrogens is 308 g/mol. The molecule has 0 aromatic heterocycles. The van der Waals surface area contributed by atoms with E-state index >= 15 is 0 Å². The summed E-state index contributed by atoms with van der Waals surface area (Å²) in [5.41, 5.74) is 6.85. The van der Waals surface area contributed by atoms with Gasteiger partial charge in [0.25, 0.3) is 0 Å². The van der Waals surface area contributed by atoms with Gasteiger partial charge in [-0.1, -0.05) is 36.5 Å². The largest absolute Gasteiger partial charge is 0.393 e. The van der Waals surface area contributed by atoms with Crippen molar-refractivity contribution in [2.45, 2.75) is 25.2 Å². The normalized spacial score (nSPS) is 21.3. The van der Waals surface area contributed by atoms with Gasteiger partial charge in [0.2, 0.25) is 10.0 Å². The zero-order valence-corrected chi connectivity index (χ0v) is 13.5. The second kappa shape index (κ2) is 6.39. The number of nitrogens with two attached hydrogens (primary N) is 1. The molecule has 1 aromatic carbocycles. The summed E-state index contributed by atoms with van der Waals surface area (Å²) in [6, 6.07) is 7.02. The minimum absolute atomic E-state index is 0.00519. The van der Waals surface area contributed by atoms with Crippen molar-refractivity contribution in [2.75, 3.05) is 13.1 Å². The average Bonchev–Trinajstić information content (AvgIpc) is 2.89. The van der Waals surface area contributed by atoms with E-state index in [4.69, 9.17) is 18.0 Å². The molecule has 1 heterocycles. The van der Waals surface area contributed by atoms with Crippen molar-refractivity contribution in [3.05, 3.63) is 35.4 Å². The van der Waals surface area contributed by atoms with E-state index in [9.17, 15) is 13.5 Å². The fourth-order valence-electron chi connectivity index (χ4n) is 2.57. The summed E-state index contributed by atoms with van der Waals surface area (Å²) in [6.07, 6.45) is 0.197. The first-order chi connectivity index (χ1) is 9.81. The maximum absolute atomic E-state index is 12.5. The SMILES string of the molecule is CC(O)C1CCN(S(=O)(=O)Cc2ccccc2C(N)=S)C1. The van der Waals surface area contributed by atoms with Gasteiger partial charge in [0.05, 0.1) is 11.9 Å². The molecule has 1 aliphatic heterocycles. The summed E-state index contributed by atoms with van der Waals surface area (Å²) < 4.78 is 26.5. The molecule has 116 valence electrons. The van der Waals surface area contributed by atoms with Crippen molar-refractivity contribution in [3.63, 3.8) is 0 Å². The molecule has 2 unspecified atom stereocenters. The number of hydrogen-bond donors (Lipinski definition) is 2. The number of thiocarbonyl (C=S) groups is 1. The highest BCUT2D eigenvalue weighted by Crippen LogP contribution is 2.24. The van der Waals surface area contributed by atoms with E-state index in [1.54, 1.807) is 31.2 Å². The van der Waals surface area contributed by atoms with Crippen molar-refractivity contribution in [1.82, 2.24) is 4.31 Å². The van der Waals surface area contributed by atoms with Crippen LogP contribution in [0, 0.1) is 5.92 Å². The molecule has 0 radical (unpaired) electrons. The Kier molecular flexibility index (Phi) is 4.98. The van der Waals surface area contributed by atoms with Gasteiger partial charge in [0, 0.05) is 18.7 Å². The zero-order chi connectivity index (χ0) is 15.6. The molecule has 1 aromatic rings. The molecule has 1 aliphatic rings. The van der Waals surface area contributed by atoms with Crippen LogP contribution in [0.5, 0.6) is 0 Å². The molecule has 3 N–H and O–H groups in total. The highest BCUT2D eigenvalue weighted by atomic mass is 32.2. The first-order valence-electron chi connectivity index (χ1n) is 6.85. The number of rotatable bonds is 5. The molecule has 1 saturated heterocycles. The van der Waals surface area contributed by atoms with Gasteiger partial charge >= 0.3 is 0 Å². The van der Waals surface area contributed by atoms with Gasteiger partial charge in [-0.2, -0.15) is 0 Å². The van der Waals surface area contributed by atoms with E-state index in [0.29, 0.717) is 30.6 Å². The van der Waals surface area contributed by atoms with Crippen LogP contribution in [0.4, 0.5) is 0 Å². The Balaban J connectivity index is 2.18. The average molecular weight is 328 g/mol. The van der Waals surface area contributed by atoms with Gasteiger partial charge in [-0.3, -0.25) is 0 Å². The van der Waals surface area contributed by atoms with Crippen LogP contribution in [-0.2, 0) is 15.8 Å². The first kappa shape index (κ1) is 16.4. The van der Waals surface area contributed by atoms with Crippen molar-refractivity contribution < 1.29 is 13.5 Å². The standard InChI is InChI=1S/C14H20N2O3S2/c1-10(17)11-6-7-16(8-11)21(18,19)9-12-4-2-3-5-13(12)14(15)20/h2-5,10-11,17H,6-9H2,1H3,(H2,15,20). The minimum atomic E-state index is -3.43. The number of nitrogens with zero attached hydrogens (tertiary/aromatic N) is 1. The Morgan fingerprint density at radius 2 is 2.19 bits per heavy atom. The van der Waals surface area contributed by atoms with Gasteiger partial charge in [0.15, 0.2) is 0 Å². The smallest absolute Gasteiger partial charge is 0.218 e. The fraction of sp³-hybridized carbons (Fsp3) is 0.500. The second-order valence-electron chi connectivity index (χ2n) is 5.42. The van der Waals surface area contributed by atoms with Gasteiger partial charge < -0.3 is 10.8 Å². The Bertz CT molecular complexity index is 629. The van der Waals surface area contributed by atoms with E-state index in [1.165, 1.54) is 4.31 Å². The molecule has 7 heteroatoms. The molecule has 0 amide bonds. The topological polar surface area (TPSA) is 83.6 Å². The summed E-state index contributed by atoms with van der Waals surface area (Å²) in [5, 5.41) is 9.59. The lowest BCUT2D eigenvalue weighted by molar-refractivity contribution is 0.133. The van der Waals surface area contributed by atoms with Gasteiger partial charge in [0.1, 0.15) is 4.99 Å². The van der Waals surface area contributed by atoms with Crippen LogP contribution >= 0.6 is 12.2 Å². The monoisotopic (exact) mass is 328 g/mol. The summed E-state index contributed by atoms with van der Waals surface area (Å²) in [6.45, 7) is 2.52. The maximum Gasteiger partial charge on any atom is 0.218 e. The Morgan fingerprint density at radius 3 is 2.76 bits per heavy atom. The highest BCUT2D eigenvalue weighted by Gasteiger charge is 2.33. The molecule has 0 spiro atoms. The van der Waals surface area contributed by atoms with Crippen LogP contribution in [0.15, 0.2) is 24.3 Å². The van der Waals surface area contributed by atoms with Crippen LogP contribution in [-0.4, -0.2) is 42.0 Å². The first-order valence-corrected chi connectivity index (χ1v) is 8.86. The van der Waals surface area contributed by atoms with Crippen molar-refractivity contribution in [2.24, 2.45) is 11.7 Å². The lowest BCUT2D eigenvalue weighted by Crippen LogP contribution is -2.32. The third-order valence-corrected chi connectivity index (χ3v) is 5.90. The lowest BCUT2D eigenvalue weighted by Gasteiger charge is -2.18. The number of sulfonamides is 1. The third-order valence-electron chi connectivity index (χ3n) is 3.88. The van der Waals surface area contributed by atoms with Gasteiger partial charge in [-0.05, 0) is 24.8 Å². The molecule has 0 saturated carbocycles. The molecule has 5 nitrogen and oxygen atoms in total. The number of benzene rings is 1. The number of aliphatic hydroxyl groups is 1. The van der Waals surface area contributed by atoms with E-state index in [-0.39, 0.29) is 16.7 Å². The predicted molar refractivity (Wildman–Crippen MR) is 86.3 cm³/mol. The summed E-state index contributed by atoms with van der Waals surface area (Å²) in [7, 11) is -3.43. The molecular formula is C14H20N2O3S2. The lowest BCUT2D eigenvalue weighted by atomic mass is 10.0. The van der Waals surface area contributed by atoms with E-state index in [0.717, 1.165) is 0 Å². The molecule has 21 heavy (non-hydrogen) atoms. The molecule has 0 bridgehead atoms. The van der Waals surface area contributed by atoms with Gasteiger partial charge in [-0.25, -0.2) is 12.7 Å². The minimum Gasteiger partial charge on any atom is -0.393 e. The fourth-order valence-corrected chi connectivity index (χ4v) is 4.40. The second-order valence-corrected chi connectivity index (χ2v) is 7.83. The molecule has 2 atom stereocenters. The van der Waals surface area contributed by atoms with Gasteiger partial charge in [-0.15, -0.1) is 0 Å². The van der Waals surface area contributed by atoms with Crippen LogP contribution in [0.25, 0.3) is 0 Å². The molecule has 2 rings (SSSR count). The highest BCUT2D eigenvalue weighted by molar-refractivity contribution is 7.88. The summed E-state index contributed by atoms with van der Waals surface area (Å²) in [5.74, 6) is -0.113. The van der Waals surface area contributed by atoms with E-state index in [2.05, 4.69) is 0 Å². The third kappa shape index (κ3) is 3.79. The van der Waals surface area contributed by atoms with Crippen molar-refractivity contribution >= 4 is 27.2 Å². The Labute approximate surface area is 130 Å². The quantitative estimate of drug-likeness (QED) is 0.783. The predicted octanol–water partition coefficient (Wildman–Crippen LogP) is 0.853. The molecule has 1 fully saturated rings. The zero-order valence-electron chi connectivity index (χ0n) is 11.9.